The highest BCUT2D eigenvalue weighted by Gasteiger charge is 2.22. The third kappa shape index (κ3) is 4.07. The summed E-state index contributed by atoms with van der Waals surface area (Å²) in [7, 11) is -3.62. The first kappa shape index (κ1) is 18.8. The normalized spacial score (nSPS) is 11.4. The highest BCUT2D eigenvalue weighted by Crippen LogP contribution is 2.27. The third-order valence-electron chi connectivity index (χ3n) is 3.97. The molecule has 0 atom stereocenters. The smallest absolute Gasteiger partial charge is 0.243 e. The molecule has 6 heteroatoms. The Labute approximate surface area is 159 Å². The molecule has 0 aliphatic carbocycles. The van der Waals surface area contributed by atoms with Gasteiger partial charge in [-0.25, -0.2) is 13.4 Å². The van der Waals surface area contributed by atoms with Gasteiger partial charge in [-0.05, 0) is 24.3 Å². The standard InChI is InChI=1S/C21H20N2O3S/c1-3-14-23(15-4-2)27(24,25)19-12-10-18(11-13-19)21-22-16-20(26-21)17-8-6-5-7-9-17/h3-13,16H,1-2,14-15H2. The first-order valence-electron chi connectivity index (χ1n) is 8.40. The number of aromatic nitrogens is 1. The van der Waals surface area contributed by atoms with E-state index in [1.165, 1.54) is 4.31 Å². The van der Waals surface area contributed by atoms with E-state index in [1.54, 1.807) is 42.6 Å². The Morgan fingerprint density at radius 2 is 1.56 bits per heavy atom. The maximum atomic E-state index is 12.7. The lowest BCUT2D eigenvalue weighted by Gasteiger charge is -2.19. The summed E-state index contributed by atoms with van der Waals surface area (Å²) in [6, 6.07) is 16.1. The number of rotatable bonds is 8. The molecule has 1 aromatic heterocycles. The van der Waals surface area contributed by atoms with Crippen molar-refractivity contribution >= 4 is 10.0 Å². The molecular formula is C21H20N2O3S. The van der Waals surface area contributed by atoms with Crippen molar-refractivity contribution in [3.05, 3.63) is 86.1 Å². The Balaban J connectivity index is 1.86. The van der Waals surface area contributed by atoms with Gasteiger partial charge in [0.05, 0.1) is 11.1 Å². The molecule has 0 amide bonds. The topological polar surface area (TPSA) is 63.4 Å². The molecule has 3 aromatic rings. The summed E-state index contributed by atoms with van der Waals surface area (Å²) in [4.78, 5) is 4.49. The second-order valence-electron chi connectivity index (χ2n) is 5.82. The van der Waals surface area contributed by atoms with Crippen LogP contribution in [0.1, 0.15) is 0 Å². The lowest BCUT2D eigenvalue weighted by atomic mass is 10.2. The zero-order valence-electron chi connectivity index (χ0n) is 14.8. The minimum atomic E-state index is -3.62. The summed E-state index contributed by atoms with van der Waals surface area (Å²) in [6.07, 6.45) is 4.76. The molecule has 5 nitrogen and oxygen atoms in total. The number of benzene rings is 2. The molecular weight excluding hydrogens is 360 g/mol. The lowest BCUT2D eigenvalue weighted by molar-refractivity contribution is 0.474. The van der Waals surface area contributed by atoms with Gasteiger partial charge in [0.2, 0.25) is 15.9 Å². The summed E-state index contributed by atoms with van der Waals surface area (Å²) in [5.41, 5.74) is 1.63. The average Bonchev–Trinajstić information content (AvgIpc) is 3.19. The Kier molecular flexibility index (Phi) is 5.69. The molecule has 0 saturated heterocycles. The number of oxazole rings is 1. The molecule has 0 aliphatic heterocycles. The van der Waals surface area contributed by atoms with Gasteiger partial charge in [0.15, 0.2) is 5.76 Å². The number of nitrogens with zero attached hydrogens (tertiary/aromatic N) is 2. The van der Waals surface area contributed by atoms with Gasteiger partial charge in [-0.1, -0.05) is 42.5 Å². The van der Waals surface area contributed by atoms with Crippen LogP contribution in [0.5, 0.6) is 0 Å². The van der Waals surface area contributed by atoms with E-state index in [-0.39, 0.29) is 18.0 Å². The van der Waals surface area contributed by atoms with Crippen LogP contribution in [0.2, 0.25) is 0 Å². The third-order valence-corrected chi connectivity index (χ3v) is 5.81. The van der Waals surface area contributed by atoms with Gasteiger partial charge in [-0.2, -0.15) is 4.31 Å². The van der Waals surface area contributed by atoms with Crippen molar-refractivity contribution in [1.82, 2.24) is 9.29 Å². The lowest BCUT2D eigenvalue weighted by Crippen LogP contribution is -2.31. The van der Waals surface area contributed by atoms with Crippen molar-refractivity contribution in [2.24, 2.45) is 0 Å². The first-order chi connectivity index (χ1) is 13.1. The summed E-state index contributed by atoms with van der Waals surface area (Å²) >= 11 is 0. The van der Waals surface area contributed by atoms with Gasteiger partial charge >= 0.3 is 0 Å². The van der Waals surface area contributed by atoms with E-state index >= 15 is 0 Å². The highest BCUT2D eigenvalue weighted by atomic mass is 32.2. The Bertz CT molecular complexity index is 1010. The van der Waals surface area contributed by atoms with Crippen LogP contribution in [0.4, 0.5) is 0 Å². The summed E-state index contributed by atoms with van der Waals surface area (Å²) in [6.45, 7) is 7.66. The fraction of sp³-hybridized carbons (Fsp3) is 0.0952. The number of hydrogen-bond acceptors (Lipinski definition) is 4. The molecule has 0 N–H and O–H groups in total. The van der Waals surface area contributed by atoms with Crippen molar-refractivity contribution in [1.29, 1.82) is 0 Å². The minimum Gasteiger partial charge on any atom is -0.436 e. The SMILES string of the molecule is C=CCN(CC=C)S(=O)(=O)c1ccc(-c2ncc(-c3ccccc3)o2)cc1. The van der Waals surface area contributed by atoms with Crippen LogP contribution in [-0.2, 0) is 10.0 Å². The average molecular weight is 380 g/mol. The zero-order chi connectivity index (χ0) is 19.3. The molecule has 0 radical (unpaired) electrons. The molecule has 0 saturated carbocycles. The molecule has 0 spiro atoms. The van der Waals surface area contributed by atoms with Crippen LogP contribution in [0, 0.1) is 0 Å². The maximum absolute atomic E-state index is 12.7. The molecule has 1 heterocycles. The van der Waals surface area contributed by atoms with Gasteiger partial charge in [0, 0.05) is 24.2 Å². The second-order valence-corrected chi connectivity index (χ2v) is 7.76. The quantitative estimate of drug-likeness (QED) is 0.544. The van der Waals surface area contributed by atoms with E-state index < -0.39 is 10.0 Å². The van der Waals surface area contributed by atoms with Gasteiger partial charge in [-0.15, -0.1) is 13.2 Å². The van der Waals surface area contributed by atoms with Crippen molar-refractivity contribution in [3.63, 3.8) is 0 Å². The fourth-order valence-electron chi connectivity index (χ4n) is 2.62. The predicted molar refractivity (Wildman–Crippen MR) is 107 cm³/mol. The van der Waals surface area contributed by atoms with E-state index in [4.69, 9.17) is 4.42 Å². The van der Waals surface area contributed by atoms with E-state index in [1.807, 2.05) is 30.3 Å². The van der Waals surface area contributed by atoms with Crippen LogP contribution in [0.15, 0.2) is 95.4 Å². The van der Waals surface area contributed by atoms with E-state index in [0.717, 1.165) is 5.56 Å². The van der Waals surface area contributed by atoms with Crippen LogP contribution >= 0.6 is 0 Å². The van der Waals surface area contributed by atoms with E-state index in [0.29, 0.717) is 17.2 Å². The maximum Gasteiger partial charge on any atom is 0.243 e. The Hall–Kier alpha value is -2.96. The van der Waals surface area contributed by atoms with Crippen LogP contribution in [0.25, 0.3) is 22.8 Å². The monoisotopic (exact) mass is 380 g/mol. The summed E-state index contributed by atoms with van der Waals surface area (Å²) < 4.78 is 32.6. The molecule has 0 fully saturated rings. The molecule has 0 aliphatic rings. The molecule has 0 bridgehead atoms. The van der Waals surface area contributed by atoms with Crippen LogP contribution < -0.4 is 0 Å². The number of sulfonamides is 1. The van der Waals surface area contributed by atoms with Gasteiger partial charge in [-0.3, -0.25) is 0 Å². The summed E-state index contributed by atoms with van der Waals surface area (Å²) in [5, 5.41) is 0. The molecule has 2 aromatic carbocycles. The molecule has 0 unspecified atom stereocenters. The predicted octanol–water partition coefficient (Wildman–Crippen LogP) is 4.37. The highest BCUT2D eigenvalue weighted by molar-refractivity contribution is 7.89. The molecule has 138 valence electrons. The van der Waals surface area contributed by atoms with Gasteiger partial charge in [0.25, 0.3) is 0 Å². The van der Waals surface area contributed by atoms with Crippen molar-refractivity contribution in [3.8, 4) is 22.8 Å². The van der Waals surface area contributed by atoms with Crippen molar-refractivity contribution in [2.75, 3.05) is 13.1 Å². The van der Waals surface area contributed by atoms with Crippen molar-refractivity contribution < 1.29 is 12.8 Å². The van der Waals surface area contributed by atoms with Gasteiger partial charge < -0.3 is 4.42 Å². The summed E-state index contributed by atoms with van der Waals surface area (Å²) in [5.74, 6) is 1.09. The van der Waals surface area contributed by atoms with E-state index in [2.05, 4.69) is 18.1 Å². The zero-order valence-corrected chi connectivity index (χ0v) is 15.6. The first-order valence-corrected chi connectivity index (χ1v) is 9.84. The minimum absolute atomic E-state index is 0.199. The van der Waals surface area contributed by atoms with E-state index in [9.17, 15) is 8.42 Å². The Morgan fingerprint density at radius 1 is 0.926 bits per heavy atom. The fourth-order valence-corrected chi connectivity index (χ4v) is 4.00. The van der Waals surface area contributed by atoms with Gasteiger partial charge in [0.1, 0.15) is 0 Å². The number of hydrogen-bond donors (Lipinski definition) is 0. The largest absolute Gasteiger partial charge is 0.436 e. The molecule has 3 rings (SSSR count). The van der Waals surface area contributed by atoms with Crippen LogP contribution in [0.3, 0.4) is 0 Å². The van der Waals surface area contributed by atoms with Crippen LogP contribution in [-0.4, -0.2) is 30.8 Å². The Morgan fingerprint density at radius 3 is 2.15 bits per heavy atom. The molecule has 27 heavy (non-hydrogen) atoms. The van der Waals surface area contributed by atoms with Crippen molar-refractivity contribution in [2.45, 2.75) is 4.90 Å². The second kappa shape index (κ2) is 8.16.